The zero-order chi connectivity index (χ0) is 14.3. The fourth-order valence-corrected chi connectivity index (χ4v) is 3.26. The van der Waals surface area contributed by atoms with Gasteiger partial charge in [-0.25, -0.2) is 0 Å². The number of halogens is 1. The predicted octanol–water partition coefficient (Wildman–Crippen LogP) is 3.73. The van der Waals surface area contributed by atoms with Crippen LogP contribution >= 0.6 is 15.9 Å². The van der Waals surface area contributed by atoms with Crippen LogP contribution in [-0.2, 0) is 11.2 Å². The van der Waals surface area contributed by atoms with Crippen LogP contribution in [0.5, 0.6) is 0 Å². The molecule has 2 heterocycles. The molecule has 102 valence electrons. The second-order valence-corrected chi connectivity index (χ2v) is 5.90. The number of carbonyl (C=O) groups is 1. The number of fused-ring (bicyclic) bond motifs is 3. The highest BCUT2D eigenvalue weighted by atomic mass is 79.9. The van der Waals surface area contributed by atoms with Gasteiger partial charge in [0.2, 0.25) is 6.41 Å². The van der Waals surface area contributed by atoms with E-state index in [9.17, 15) is 4.79 Å². The predicted molar refractivity (Wildman–Crippen MR) is 84.6 cm³/mol. The van der Waals surface area contributed by atoms with Gasteiger partial charge in [0, 0.05) is 27.6 Å². The van der Waals surface area contributed by atoms with E-state index in [4.69, 9.17) is 0 Å². The standard InChI is InChI=1S/C16H15BrN2O/c1-3-10(2)16-15-12(6-7-19(16)9-20)13-8-11(17)4-5-14(13)18-15/h3-5,8-9,16,18H,1-2,6-7H2. The third kappa shape index (κ3) is 1.91. The summed E-state index contributed by atoms with van der Waals surface area (Å²) < 4.78 is 1.06. The highest BCUT2D eigenvalue weighted by Crippen LogP contribution is 2.38. The van der Waals surface area contributed by atoms with Crippen LogP contribution < -0.4 is 0 Å². The van der Waals surface area contributed by atoms with Crippen LogP contribution in [0.25, 0.3) is 10.9 Å². The molecule has 3 nitrogen and oxygen atoms in total. The van der Waals surface area contributed by atoms with Crippen molar-refractivity contribution in [1.29, 1.82) is 0 Å². The van der Waals surface area contributed by atoms with Crippen LogP contribution in [0.1, 0.15) is 17.3 Å². The lowest BCUT2D eigenvalue weighted by molar-refractivity contribution is -0.120. The topological polar surface area (TPSA) is 36.1 Å². The molecule has 1 atom stereocenters. The Bertz CT molecular complexity index is 717. The number of benzene rings is 1. The number of nitrogens with zero attached hydrogens (tertiary/aromatic N) is 1. The monoisotopic (exact) mass is 330 g/mol. The molecule has 1 amide bonds. The van der Waals surface area contributed by atoms with Crippen molar-refractivity contribution >= 4 is 33.2 Å². The third-order valence-electron chi connectivity index (χ3n) is 3.88. The van der Waals surface area contributed by atoms with Crippen molar-refractivity contribution in [3.05, 3.63) is 58.7 Å². The molecule has 1 aliphatic rings. The minimum Gasteiger partial charge on any atom is -0.356 e. The number of aromatic nitrogens is 1. The molecule has 0 spiro atoms. The molecule has 3 rings (SSSR count). The number of rotatable bonds is 3. The van der Waals surface area contributed by atoms with E-state index >= 15 is 0 Å². The Hall–Kier alpha value is -1.81. The third-order valence-corrected chi connectivity index (χ3v) is 4.37. The smallest absolute Gasteiger partial charge is 0.210 e. The van der Waals surface area contributed by atoms with Crippen LogP contribution in [-0.4, -0.2) is 22.8 Å². The summed E-state index contributed by atoms with van der Waals surface area (Å²) in [4.78, 5) is 16.5. The first-order valence-corrected chi connectivity index (χ1v) is 7.27. The number of aromatic amines is 1. The summed E-state index contributed by atoms with van der Waals surface area (Å²) in [5.41, 5.74) is 4.25. The molecule has 1 unspecified atom stereocenters. The lowest BCUT2D eigenvalue weighted by atomic mass is 9.93. The summed E-state index contributed by atoms with van der Waals surface area (Å²) in [6, 6.07) is 6.05. The van der Waals surface area contributed by atoms with E-state index in [1.165, 1.54) is 10.9 Å². The van der Waals surface area contributed by atoms with Crippen molar-refractivity contribution in [2.24, 2.45) is 0 Å². The van der Waals surface area contributed by atoms with Crippen molar-refractivity contribution in [1.82, 2.24) is 9.88 Å². The van der Waals surface area contributed by atoms with Crippen LogP contribution in [0.15, 0.2) is 47.5 Å². The van der Waals surface area contributed by atoms with Gasteiger partial charge in [0.25, 0.3) is 0 Å². The average Bonchev–Trinajstić information content (AvgIpc) is 2.83. The molecule has 0 aliphatic carbocycles. The molecular formula is C16H15BrN2O. The maximum atomic E-state index is 11.3. The van der Waals surface area contributed by atoms with Crippen LogP contribution in [0.2, 0.25) is 0 Å². The van der Waals surface area contributed by atoms with E-state index in [1.807, 2.05) is 6.07 Å². The van der Waals surface area contributed by atoms with Gasteiger partial charge in [0.05, 0.1) is 6.04 Å². The number of hydrogen-bond acceptors (Lipinski definition) is 1. The molecule has 0 radical (unpaired) electrons. The van der Waals surface area contributed by atoms with Gasteiger partial charge in [-0.3, -0.25) is 4.79 Å². The maximum absolute atomic E-state index is 11.3. The molecule has 1 aliphatic heterocycles. The molecule has 1 aromatic carbocycles. The Morgan fingerprint density at radius 1 is 1.50 bits per heavy atom. The summed E-state index contributed by atoms with van der Waals surface area (Å²) in [5.74, 6) is 0. The number of hydrogen-bond donors (Lipinski definition) is 1. The lowest BCUT2D eigenvalue weighted by Gasteiger charge is -2.33. The molecule has 20 heavy (non-hydrogen) atoms. The van der Waals surface area contributed by atoms with Gasteiger partial charge < -0.3 is 9.88 Å². The summed E-state index contributed by atoms with van der Waals surface area (Å²) in [6.07, 6.45) is 3.47. The van der Waals surface area contributed by atoms with Gasteiger partial charge in [-0.05, 0) is 35.8 Å². The van der Waals surface area contributed by atoms with Crippen LogP contribution in [0.4, 0.5) is 0 Å². The minimum atomic E-state index is -0.139. The largest absolute Gasteiger partial charge is 0.356 e. The lowest BCUT2D eigenvalue weighted by Crippen LogP contribution is -2.34. The number of H-pyrrole nitrogens is 1. The van der Waals surface area contributed by atoms with Crippen molar-refractivity contribution in [3.63, 3.8) is 0 Å². The van der Waals surface area contributed by atoms with Crippen LogP contribution in [0, 0.1) is 0 Å². The second-order valence-electron chi connectivity index (χ2n) is 4.98. The molecule has 1 aromatic heterocycles. The highest BCUT2D eigenvalue weighted by molar-refractivity contribution is 9.10. The average molecular weight is 331 g/mol. The van der Waals surface area contributed by atoms with E-state index in [-0.39, 0.29) is 6.04 Å². The Morgan fingerprint density at radius 3 is 3.00 bits per heavy atom. The van der Waals surface area contributed by atoms with E-state index in [0.29, 0.717) is 6.54 Å². The molecule has 0 saturated carbocycles. The van der Waals surface area contributed by atoms with Crippen molar-refractivity contribution in [3.8, 4) is 0 Å². The van der Waals surface area contributed by atoms with Crippen LogP contribution in [0.3, 0.4) is 0 Å². The Labute approximate surface area is 126 Å². The normalized spacial score (nSPS) is 17.9. The first-order valence-electron chi connectivity index (χ1n) is 6.48. The van der Waals surface area contributed by atoms with Crippen molar-refractivity contribution < 1.29 is 4.79 Å². The van der Waals surface area contributed by atoms with Gasteiger partial charge in [-0.2, -0.15) is 0 Å². The molecule has 1 N–H and O–H groups in total. The minimum absolute atomic E-state index is 0.139. The first-order chi connectivity index (χ1) is 9.65. The van der Waals surface area contributed by atoms with Crippen molar-refractivity contribution in [2.75, 3.05) is 6.54 Å². The van der Waals surface area contributed by atoms with E-state index in [1.54, 1.807) is 11.0 Å². The molecule has 2 aromatic rings. The van der Waals surface area contributed by atoms with Gasteiger partial charge >= 0.3 is 0 Å². The van der Waals surface area contributed by atoms with Gasteiger partial charge in [0.15, 0.2) is 0 Å². The van der Waals surface area contributed by atoms with Gasteiger partial charge in [0.1, 0.15) is 0 Å². The van der Waals surface area contributed by atoms with Gasteiger partial charge in [-0.1, -0.05) is 35.2 Å². The van der Waals surface area contributed by atoms with E-state index in [0.717, 1.165) is 34.1 Å². The van der Waals surface area contributed by atoms with E-state index in [2.05, 4.69) is 46.2 Å². The molecule has 0 bridgehead atoms. The highest BCUT2D eigenvalue weighted by Gasteiger charge is 2.30. The molecule has 0 saturated heterocycles. The maximum Gasteiger partial charge on any atom is 0.210 e. The number of amides is 1. The van der Waals surface area contributed by atoms with Crippen molar-refractivity contribution in [2.45, 2.75) is 12.5 Å². The SMILES string of the molecule is C=CC(=C)C1c2[nH]c3ccc(Br)cc3c2CCN1C=O. The summed E-state index contributed by atoms with van der Waals surface area (Å²) >= 11 is 3.51. The van der Waals surface area contributed by atoms with E-state index < -0.39 is 0 Å². The fourth-order valence-electron chi connectivity index (χ4n) is 2.90. The fraction of sp³-hybridized carbons (Fsp3) is 0.188. The molecular weight excluding hydrogens is 316 g/mol. The summed E-state index contributed by atoms with van der Waals surface area (Å²) in [7, 11) is 0. The Kier molecular flexibility index (Phi) is 3.26. The quantitative estimate of drug-likeness (QED) is 0.675. The molecule has 0 fully saturated rings. The first kappa shape index (κ1) is 13.2. The number of carbonyl (C=O) groups excluding carboxylic acids is 1. The summed E-state index contributed by atoms with van der Waals surface area (Å²) in [6.45, 7) is 8.52. The Morgan fingerprint density at radius 2 is 2.30 bits per heavy atom. The molecule has 4 heteroatoms. The Balaban J connectivity index is 2.23. The second kappa shape index (κ2) is 4.94. The zero-order valence-corrected chi connectivity index (χ0v) is 12.6. The van der Waals surface area contributed by atoms with Gasteiger partial charge in [-0.15, -0.1) is 0 Å². The summed E-state index contributed by atoms with van der Waals surface area (Å²) in [5, 5.41) is 1.21. The zero-order valence-electron chi connectivity index (χ0n) is 11.0. The number of nitrogens with one attached hydrogen (secondary N) is 1.